The lowest BCUT2D eigenvalue weighted by Gasteiger charge is -2.27. The van der Waals surface area contributed by atoms with Gasteiger partial charge in [-0.05, 0) is 25.3 Å². The first kappa shape index (κ1) is 14.8. The van der Waals surface area contributed by atoms with E-state index in [0.29, 0.717) is 24.0 Å². The summed E-state index contributed by atoms with van der Waals surface area (Å²) in [5, 5.41) is 20.4. The van der Waals surface area contributed by atoms with Crippen LogP contribution in [0.5, 0.6) is 0 Å². The van der Waals surface area contributed by atoms with Crippen LogP contribution in [0.4, 0.5) is 0 Å². The number of hydrogen-bond acceptors (Lipinski definition) is 3. The Morgan fingerprint density at radius 1 is 1.43 bits per heavy atom. The third kappa shape index (κ3) is 2.81. The van der Waals surface area contributed by atoms with Crippen LogP contribution in [0, 0.1) is 28.6 Å². The summed E-state index contributed by atoms with van der Waals surface area (Å²) in [6.07, 6.45) is 2.40. The number of amides is 1. The highest BCUT2D eigenvalue weighted by atomic mass is 16.3. The highest BCUT2D eigenvalue weighted by Crippen LogP contribution is 2.57. The van der Waals surface area contributed by atoms with Gasteiger partial charge in [-0.25, -0.2) is 0 Å². The second-order valence-corrected chi connectivity index (χ2v) is 5.25. The smallest absolute Gasteiger partial charge is 0.242 e. The molecule has 0 aliphatic heterocycles. The molecule has 1 aliphatic rings. The van der Waals surface area contributed by atoms with Crippen LogP contribution < -0.4 is 5.73 Å². The van der Waals surface area contributed by atoms with Crippen molar-refractivity contribution in [1.82, 2.24) is 0 Å². The Morgan fingerprint density at radius 3 is 2.52 bits per heavy atom. The van der Waals surface area contributed by atoms with E-state index in [1.54, 1.807) is 31.2 Å². The third-order valence-corrected chi connectivity index (χ3v) is 3.65. The van der Waals surface area contributed by atoms with Crippen molar-refractivity contribution >= 4 is 5.91 Å². The van der Waals surface area contributed by atoms with Crippen molar-refractivity contribution in [2.75, 3.05) is 0 Å². The van der Waals surface area contributed by atoms with Gasteiger partial charge in [-0.1, -0.05) is 42.2 Å². The van der Waals surface area contributed by atoms with E-state index in [9.17, 15) is 15.2 Å². The number of hydrogen-bond donors (Lipinski definition) is 2. The molecule has 0 spiro atoms. The molecule has 0 unspecified atom stereocenters. The van der Waals surface area contributed by atoms with Crippen molar-refractivity contribution in [2.24, 2.45) is 11.1 Å². The largest absolute Gasteiger partial charge is 0.372 e. The fraction of sp³-hybridized carbons (Fsp3) is 0.294. The molecule has 0 saturated heterocycles. The Hall–Kier alpha value is -2.56. The van der Waals surface area contributed by atoms with Gasteiger partial charge in [-0.15, -0.1) is 0 Å². The van der Waals surface area contributed by atoms with Crippen molar-refractivity contribution < 1.29 is 9.90 Å². The van der Waals surface area contributed by atoms with Gasteiger partial charge in [0.25, 0.3) is 0 Å². The fourth-order valence-electron chi connectivity index (χ4n) is 2.27. The number of nitrogens with zero attached hydrogens (tertiary/aromatic N) is 1. The number of carbonyl (C=O) groups excluding carboxylic acids is 1. The molecule has 106 valence electrons. The predicted molar refractivity (Wildman–Crippen MR) is 78.3 cm³/mol. The summed E-state index contributed by atoms with van der Waals surface area (Å²) >= 11 is 0. The zero-order valence-electron chi connectivity index (χ0n) is 11.8. The molecule has 4 nitrogen and oxygen atoms in total. The second-order valence-electron chi connectivity index (χ2n) is 5.25. The van der Waals surface area contributed by atoms with Gasteiger partial charge in [0.15, 0.2) is 5.60 Å². The van der Waals surface area contributed by atoms with Crippen LogP contribution in [0.15, 0.2) is 42.0 Å². The summed E-state index contributed by atoms with van der Waals surface area (Å²) in [5.41, 5.74) is 3.68. The van der Waals surface area contributed by atoms with Gasteiger partial charge < -0.3 is 10.8 Å². The molecule has 21 heavy (non-hydrogen) atoms. The van der Waals surface area contributed by atoms with E-state index >= 15 is 0 Å². The van der Waals surface area contributed by atoms with E-state index in [0.717, 1.165) is 0 Å². The van der Waals surface area contributed by atoms with Crippen molar-refractivity contribution in [1.29, 1.82) is 5.26 Å². The van der Waals surface area contributed by atoms with Gasteiger partial charge in [0.05, 0.1) is 6.07 Å². The summed E-state index contributed by atoms with van der Waals surface area (Å²) in [7, 11) is 0. The van der Waals surface area contributed by atoms with Crippen LogP contribution in [0.2, 0.25) is 0 Å². The van der Waals surface area contributed by atoms with E-state index < -0.39 is 16.9 Å². The molecule has 1 aromatic carbocycles. The monoisotopic (exact) mass is 280 g/mol. The lowest BCUT2D eigenvalue weighted by molar-refractivity contribution is -0.113. The summed E-state index contributed by atoms with van der Waals surface area (Å²) in [6.45, 7) is 1.63. The molecular weight excluding hydrogens is 264 g/mol. The zero-order valence-corrected chi connectivity index (χ0v) is 11.8. The minimum atomic E-state index is -1.55. The van der Waals surface area contributed by atoms with Crippen molar-refractivity contribution in [3.63, 3.8) is 0 Å². The number of nitrogens with two attached hydrogens (primary N) is 1. The van der Waals surface area contributed by atoms with Gasteiger partial charge in [-0.2, -0.15) is 5.26 Å². The molecule has 4 heteroatoms. The quantitative estimate of drug-likeness (QED) is 0.651. The lowest BCUT2D eigenvalue weighted by Crippen LogP contribution is -2.34. The predicted octanol–water partition coefficient (Wildman–Crippen LogP) is 1.61. The van der Waals surface area contributed by atoms with Gasteiger partial charge in [0.1, 0.15) is 5.41 Å². The molecule has 0 radical (unpaired) electrons. The highest BCUT2D eigenvalue weighted by molar-refractivity contribution is 5.87. The summed E-state index contributed by atoms with van der Waals surface area (Å²) < 4.78 is 0. The molecule has 2 rings (SSSR count). The van der Waals surface area contributed by atoms with Crippen LogP contribution >= 0.6 is 0 Å². The molecule has 1 fully saturated rings. The summed E-state index contributed by atoms with van der Waals surface area (Å²) in [4.78, 5) is 10.8. The molecule has 1 aromatic rings. The van der Waals surface area contributed by atoms with Gasteiger partial charge >= 0.3 is 0 Å². The van der Waals surface area contributed by atoms with E-state index in [1.807, 2.05) is 6.07 Å². The molecule has 3 N–H and O–H groups in total. The van der Waals surface area contributed by atoms with Crippen LogP contribution in [-0.4, -0.2) is 11.0 Å². The molecule has 0 aromatic heterocycles. The van der Waals surface area contributed by atoms with E-state index in [2.05, 4.69) is 17.9 Å². The molecule has 1 amide bonds. The van der Waals surface area contributed by atoms with Crippen LogP contribution in [-0.2, 0) is 10.4 Å². The number of carbonyl (C=O) groups is 1. The molecule has 0 bridgehead atoms. The maximum absolute atomic E-state index is 11.0. The first-order chi connectivity index (χ1) is 9.93. The van der Waals surface area contributed by atoms with Gasteiger partial charge in [-0.3, -0.25) is 4.79 Å². The SMILES string of the molecule is C/C(C#C[C@@](O)(c1ccccc1)C1(C#N)CC1)=C/C(N)=O. The minimum absolute atomic E-state index is 0.450. The second kappa shape index (κ2) is 5.44. The first-order valence-corrected chi connectivity index (χ1v) is 6.64. The number of rotatable bonds is 3. The van der Waals surface area contributed by atoms with Crippen LogP contribution in [0.1, 0.15) is 25.3 Å². The van der Waals surface area contributed by atoms with Crippen LogP contribution in [0.3, 0.4) is 0 Å². The fourth-order valence-corrected chi connectivity index (χ4v) is 2.27. The van der Waals surface area contributed by atoms with Crippen molar-refractivity contribution in [2.45, 2.75) is 25.4 Å². The molecule has 1 atom stereocenters. The third-order valence-electron chi connectivity index (χ3n) is 3.65. The van der Waals surface area contributed by atoms with Crippen molar-refractivity contribution in [3.05, 3.63) is 47.5 Å². The number of nitriles is 1. The lowest BCUT2D eigenvalue weighted by atomic mass is 9.79. The van der Waals surface area contributed by atoms with E-state index in [1.165, 1.54) is 6.08 Å². The Labute approximate surface area is 123 Å². The minimum Gasteiger partial charge on any atom is -0.372 e. The highest BCUT2D eigenvalue weighted by Gasteiger charge is 2.60. The Morgan fingerprint density at radius 2 is 2.05 bits per heavy atom. The Kier molecular flexibility index (Phi) is 3.84. The molecular formula is C17H16N2O2. The average Bonchev–Trinajstić information content (AvgIpc) is 3.26. The van der Waals surface area contributed by atoms with Crippen molar-refractivity contribution in [3.8, 4) is 17.9 Å². The molecule has 0 heterocycles. The maximum Gasteiger partial charge on any atom is 0.242 e. The van der Waals surface area contributed by atoms with E-state index in [4.69, 9.17) is 5.73 Å². The summed E-state index contributed by atoms with van der Waals surface area (Å²) in [5.74, 6) is 4.93. The van der Waals surface area contributed by atoms with Crippen LogP contribution in [0.25, 0.3) is 0 Å². The first-order valence-electron chi connectivity index (χ1n) is 6.64. The standard InChI is InChI=1S/C17H16N2O2/c1-13(11-15(19)20)7-8-17(21,16(12-18)9-10-16)14-5-3-2-4-6-14/h2-6,11,21H,9-10H2,1H3,(H2,19,20)/b13-11-/t17-/m1/s1. The summed E-state index contributed by atoms with van der Waals surface area (Å²) in [6, 6.07) is 11.1. The number of benzene rings is 1. The van der Waals surface area contributed by atoms with Gasteiger partial charge in [0, 0.05) is 11.6 Å². The van der Waals surface area contributed by atoms with E-state index in [-0.39, 0.29) is 0 Å². The number of aliphatic hydroxyl groups is 1. The number of allylic oxidation sites excluding steroid dienone is 1. The maximum atomic E-state index is 11.0. The average molecular weight is 280 g/mol. The zero-order chi connectivity index (χ0) is 15.5. The number of primary amides is 1. The Balaban J connectivity index is 2.48. The molecule has 1 saturated carbocycles. The topological polar surface area (TPSA) is 87.1 Å². The molecule has 1 aliphatic carbocycles. The Bertz CT molecular complexity index is 685. The normalized spacial score (nSPS) is 18.6. The van der Waals surface area contributed by atoms with Gasteiger partial charge in [0.2, 0.25) is 5.91 Å².